The van der Waals surface area contributed by atoms with Crippen LogP contribution < -0.4 is 5.32 Å². The lowest BCUT2D eigenvalue weighted by Crippen LogP contribution is -2.45. The Balaban J connectivity index is 1.53. The average Bonchev–Trinajstić information content (AvgIpc) is 3.07. The van der Waals surface area contributed by atoms with Crippen molar-refractivity contribution in [1.29, 1.82) is 0 Å². The minimum absolute atomic E-state index is 0.0433. The zero-order valence-electron chi connectivity index (χ0n) is 15.7. The molecule has 1 aliphatic heterocycles. The topological polar surface area (TPSA) is 50.2 Å². The number of para-hydroxylation sites is 1. The summed E-state index contributed by atoms with van der Waals surface area (Å²) in [4.78, 5) is 19.4. The van der Waals surface area contributed by atoms with Gasteiger partial charge in [-0.2, -0.15) is 0 Å². The summed E-state index contributed by atoms with van der Waals surface area (Å²) >= 11 is 0. The maximum atomic E-state index is 13.0. The van der Waals surface area contributed by atoms with Crippen molar-refractivity contribution >= 4 is 11.6 Å². The number of amides is 1. The predicted molar refractivity (Wildman–Crippen MR) is 107 cm³/mol. The Morgan fingerprint density at radius 2 is 1.89 bits per heavy atom. The molecule has 27 heavy (non-hydrogen) atoms. The van der Waals surface area contributed by atoms with Crippen molar-refractivity contribution < 1.29 is 4.79 Å². The molecular formula is C22H24N4O. The first-order valence-electron chi connectivity index (χ1n) is 9.25. The first-order chi connectivity index (χ1) is 13.1. The molecule has 1 aromatic heterocycles. The van der Waals surface area contributed by atoms with Gasteiger partial charge in [-0.05, 0) is 43.1 Å². The monoisotopic (exact) mass is 360 g/mol. The second-order valence-electron chi connectivity index (χ2n) is 7.15. The van der Waals surface area contributed by atoms with Crippen molar-refractivity contribution in [2.75, 3.05) is 12.4 Å². The van der Waals surface area contributed by atoms with Crippen LogP contribution in [0.1, 0.15) is 22.5 Å². The number of fused-ring (bicyclic) bond motifs is 1. The molecular weight excluding hydrogens is 336 g/mol. The average molecular weight is 360 g/mol. The second kappa shape index (κ2) is 7.37. The Bertz CT molecular complexity index is 962. The number of anilines is 1. The zero-order chi connectivity index (χ0) is 18.8. The highest BCUT2D eigenvalue weighted by molar-refractivity contribution is 5.95. The highest BCUT2D eigenvalue weighted by Gasteiger charge is 2.29. The number of imidazole rings is 1. The molecule has 0 saturated heterocycles. The van der Waals surface area contributed by atoms with E-state index < -0.39 is 0 Å². The number of nitrogens with one attached hydrogen (secondary N) is 1. The number of carbonyl (C=O) groups excluding carboxylic acids is 1. The lowest BCUT2D eigenvalue weighted by Gasteiger charge is -2.33. The van der Waals surface area contributed by atoms with Crippen LogP contribution in [0.3, 0.4) is 0 Å². The summed E-state index contributed by atoms with van der Waals surface area (Å²) in [6, 6.07) is 16.2. The summed E-state index contributed by atoms with van der Waals surface area (Å²) in [5.41, 5.74) is 4.51. The number of aromatic nitrogens is 2. The van der Waals surface area contributed by atoms with Crippen LogP contribution in [0.4, 0.5) is 5.69 Å². The van der Waals surface area contributed by atoms with Gasteiger partial charge in [-0.25, -0.2) is 4.98 Å². The lowest BCUT2D eigenvalue weighted by molar-refractivity contribution is -0.121. The van der Waals surface area contributed by atoms with E-state index in [1.54, 1.807) is 6.20 Å². The lowest BCUT2D eigenvalue weighted by atomic mass is 9.94. The molecule has 0 radical (unpaired) electrons. The SMILES string of the molecule is Cc1nccn1Cc1ccccc1NC(=O)C1Cc2ccccc2CN1C. The Kier molecular flexibility index (Phi) is 4.77. The van der Waals surface area contributed by atoms with Gasteiger partial charge in [-0.15, -0.1) is 0 Å². The molecule has 0 fully saturated rings. The normalized spacial score (nSPS) is 16.7. The fourth-order valence-electron chi connectivity index (χ4n) is 3.70. The van der Waals surface area contributed by atoms with Crippen molar-refractivity contribution in [1.82, 2.24) is 14.5 Å². The van der Waals surface area contributed by atoms with Crippen LogP contribution >= 0.6 is 0 Å². The fraction of sp³-hybridized carbons (Fsp3) is 0.273. The summed E-state index contributed by atoms with van der Waals surface area (Å²) in [7, 11) is 2.01. The summed E-state index contributed by atoms with van der Waals surface area (Å²) in [6.07, 6.45) is 4.49. The summed E-state index contributed by atoms with van der Waals surface area (Å²) < 4.78 is 2.08. The van der Waals surface area contributed by atoms with Crippen molar-refractivity contribution in [3.63, 3.8) is 0 Å². The van der Waals surface area contributed by atoms with Crippen molar-refractivity contribution in [3.8, 4) is 0 Å². The highest BCUT2D eigenvalue weighted by atomic mass is 16.2. The van der Waals surface area contributed by atoms with E-state index >= 15 is 0 Å². The molecule has 1 aliphatic rings. The van der Waals surface area contributed by atoms with Gasteiger partial charge >= 0.3 is 0 Å². The van der Waals surface area contributed by atoms with Gasteiger partial charge in [0.25, 0.3) is 0 Å². The van der Waals surface area contributed by atoms with Crippen LogP contribution in [0.25, 0.3) is 0 Å². The highest BCUT2D eigenvalue weighted by Crippen LogP contribution is 2.24. The second-order valence-corrected chi connectivity index (χ2v) is 7.15. The van der Waals surface area contributed by atoms with E-state index in [9.17, 15) is 4.79 Å². The number of likely N-dealkylation sites (N-methyl/N-ethyl adjacent to an activating group) is 1. The van der Waals surface area contributed by atoms with Gasteiger partial charge < -0.3 is 9.88 Å². The smallest absolute Gasteiger partial charge is 0.242 e. The van der Waals surface area contributed by atoms with Crippen LogP contribution in [-0.2, 0) is 24.3 Å². The van der Waals surface area contributed by atoms with Crippen LogP contribution in [0.5, 0.6) is 0 Å². The minimum atomic E-state index is -0.164. The minimum Gasteiger partial charge on any atom is -0.331 e. The fourth-order valence-corrected chi connectivity index (χ4v) is 3.70. The quantitative estimate of drug-likeness (QED) is 0.777. The standard InChI is InChI=1S/C22H24N4O/c1-16-23-11-12-26(16)15-19-9-5-6-10-20(19)24-22(27)21-13-17-7-3-4-8-18(17)14-25(21)2/h3-12,21H,13-15H2,1-2H3,(H,24,27). The van der Waals surface area contributed by atoms with Gasteiger partial charge in [0.2, 0.25) is 5.91 Å². The number of benzene rings is 2. The van der Waals surface area contributed by atoms with Crippen LogP contribution in [0.2, 0.25) is 0 Å². The van der Waals surface area contributed by atoms with E-state index in [0.717, 1.165) is 30.0 Å². The van der Waals surface area contributed by atoms with Crippen LogP contribution in [-0.4, -0.2) is 33.4 Å². The first kappa shape index (κ1) is 17.5. The van der Waals surface area contributed by atoms with Gasteiger partial charge in [0, 0.05) is 24.6 Å². The van der Waals surface area contributed by atoms with Gasteiger partial charge in [-0.1, -0.05) is 42.5 Å². The van der Waals surface area contributed by atoms with E-state index in [1.165, 1.54) is 11.1 Å². The molecule has 2 aromatic carbocycles. The third-order valence-corrected chi connectivity index (χ3v) is 5.33. The molecule has 0 saturated carbocycles. The molecule has 5 nitrogen and oxygen atoms in total. The van der Waals surface area contributed by atoms with E-state index in [-0.39, 0.29) is 11.9 Å². The number of aryl methyl sites for hydroxylation is 1. The zero-order valence-corrected chi connectivity index (χ0v) is 15.7. The summed E-state index contributed by atoms with van der Waals surface area (Å²) in [5.74, 6) is 1.00. The third kappa shape index (κ3) is 3.64. The first-order valence-corrected chi connectivity index (χ1v) is 9.25. The van der Waals surface area contributed by atoms with Crippen molar-refractivity contribution in [2.24, 2.45) is 0 Å². The molecule has 1 amide bonds. The molecule has 2 heterocycles. The summed E-state index contributed by atoms with van der Waals surface area (Å²) in [6.45, 7) is 3.46. The molecule has 138 valence electrons. The Labute approximate surface area is 159 Å². The van der Waals surface area contributed by atoms with Gasteiger partial charge in [0.1, 0.15) is 5.82 Å². The molecule has 1 unspecified atom stereocenters. The molecule has 1 atom stereocenters. The number of carbonyl (C=O) groups is 1. The maximum Gasteiger partial charge on any atom is 0.242 e. The number of rotatable bonds is 4. The largest absolute Gasteiger partial charge is 0.331 e. The van der Waals surface area contributed by atoms with Gasteiger partial charge in [0.15, 0.2) is 0 Å². The third-order valence-electron chi connectivity index (χ3n) is 5.33. The Morgan fingerprint density at radius 3 is 2.67 bits per heavy atom. The van der Waals surface area contributed by atoms with Crippen molar-refractivity contribution in [2.45, 2.75) is 32.5 Å². The van der Waals surface area contributed by atoms with E-state index in [2.05, 4.69) is 44.0 Å². The summed E-state index contributed by atoms with van der Waals surface area (Å²) in [5, 5.41) is 3.16. The van der Waals surface area contributed by atoms with Gasteiger partial charge in [0.05, 0.1) is 12.6 Å². The Morgan fingerprint density at radius 1 is 1.15 bits per heavy atom. The predicted octanol–water partition coefficient (Wildman–Crippen LogP) is 3.24. The van der Waals surface area contributed by atoms with E-state index in [4.69, 9.17) is 0 Å². The van der Waals surface area contributed by atoms with Crippen LogP contribution in [0, 0.1) is 6.92 Å². The van der Waals surface area contributed by atoms with E-state index in [1.807, 2.05) is 44.4 Å². The molecule has 0 spiro atoms. The molecule has 1 N–H and O–H groups in total. The molecule has 0 bridgehead atoms. The molecule has 3 aromatic rings. The number of hydrogen-bond acceptors (Lipinski definition) is 3. The van der Waals surface area contributed by atoms with Gasteiger partial charge in [-0.3, -0.25) is 9.69 Å². The number of nitrogens with zero attached hydrogens (tertiary/aromatic N) is 3. The number of hydrogen-bond donors (Lipinski definition) is 1. The van der Waals surface area contributed by atoms with E-state index in [0.29, 0.717) is 6.54 Å². The molecule has 0 aliphatic carbocycles. The van der Waals surface area contributed by atoms with Crippen LogP contribution in [0.15, 0.2) is 60.9 Å². The molecule has 5 heteroatoms. The Hall–Kier alpha value is -2.92. The maximum absolute atomic E-state index is 13.0. The molecule has 4 rings (SSSR count). The van der Waals surface area contributed by atoms with Crippen molar-refractivity contribution in [3.05, 3.63) is 83.4 Å².